The molecule has 3 aliphatic rings. The van der Waals surface area contributed by atoms with Crippen molar-refractivity contribution in [2.24, 2.45) is 29.0 Å². The molecule has 12 nitrogen and oxygen atoms in total. The van der Waals surface area contributed by atoms with Crippen LogP contribution in [0.5, 0.6) is 0 Å². The molecular weight excluding hydrogens is 498 g/mol. The van der Waals surface area contributed by atoms with Crippen molar-refractivity contribution >= 4 is 30.2 Å². The summed E-state index contributed by atoms with van der Waals surface area (Å²) in [5, 5.41) is 2.67. The van der Waals surface area contributed by atoms with E-state index in [-0.39, 0.29) is 36.7 Å². The van der Waals surface area contributed by atoms with E-state index in [0.717, 1.165) is 19.6 Å². The van der Waals surface area contributed by atoms with Gasteiger partial charge >= 0.3 is 11.7 Å². The van der Waals surface area contributed by atoms with Gasteiger partial charge < -0.3 is 27.0 Å². The van der Waals surface area contributed by atoms with Gasteiger partial charge in [0.1, 0.15) is 5.82 Å². The van der Waals surface area contributed by atoms with E-state index >= 15 is 0 Å². The number of aromatic nitrogens is 2. The zero-order valence-corrected chi connectivity index (χ0v) is 21.3. The van der Waals surface area contributed by atoms with E-state index in [1.165, 1.54) is 10.1 Å². The van der Waals surface area contributed by atoms with E-state index in [1.54, 1.807) is 22.1 Å². The topological polar surface area (TPSA) is 169 Å². The first kappa shape index (κ1) is 27.0. The zero-order chi connectivity index (χ0) is 25.4. The maximum atomic E-state index is 12.6. The van der Waals surface area contributed by atoms with E-state index in [4.69, 9.17) is 17.2 Å². The van der Waals surface area contributed by atoms with Crippen molar-refractivity contribution in [3.05, 3.63) is 52.6 Å². The molecule has 2 aliphatic heterocycles. The van der Waals surface area contributed by atoms with Crippen LogP contribution < -0.4 is 28.2 Å². The highest BCUT2D eigenvalue weighted by Crippen LogP contribution is 2.44. The highest BCUT2D eigenvalue weighted by atomic mass is 35.5. The second-order valence-electron chi connectivity index (χ2n) is 9.82. The molecule has 7 N–H and O–H groups in total. The zero-order valence-electron chi connectivity index (χ0n) is 20.5. The number of nitrogens with zero attached hydrogens (tertiary/aromatic N) is 5. The minimum absolute atomic E-state index is 0. The van der Waals surface area contributed by atoms with Gasteiger partial charge in [0.15, 0.2) is 0 Å². The Labute approximate surface area is 221 Å². The smallest absolute Gasteiger partial charge is 0.338 e. The number of nitrogens with two attached hydrogens (primary N) is 3. The third kappa shape index (κ3) is 5.78. The highest BCUT2D eigenvalue weighted by molar-refractivity contribution is 5.88. The molecule has 0 radical (unpaired) electrons. The molecule has 3 fully saturated rings. The maximum absolute atomic E-state index is 12.6. The molecule has 1 aromatic heterocycles. The number of rotatable bonds is 6. The summed E-state index contributed by atoms with van der Waals surface area (Å²) in [4.78, 5) is 47.0. The molecule has 1 saturated carbocycles. The fourth-order valence-electron chi connectivity index (χ4n) is 5.13. The summed E-state index contributed by atoms with van der Waals surface area (Å²) in [6.07, 6.45) is 1.60. The number of nitrogens with one attached hydrogen (secondary N) is 1. The quantitative estimate of drug-likeness (QED) is 0.368. The Balaban J connectivity index is 0.00000320. The maximum Gasteiger partial charge on any atom is 0.354 e. The number of benzene rings is 1. The van der Waals surface area contributed by atoms with E-state index < -0.39 is 11.7 Å². The van der Waals surface area contributed by atoms with Gasteiger partial charge in [0, 0.05) is 64.6 Å². The largest absolute Gasteiger partial charge is 0.354 e. The van der Waals surface area contributed by atoms with Crippen LogP contribution in [0.1, 0.15) is 5.56 Å². The first-order valence-corrected chi connectivity index (χ1v) is 12.3. The molecule has 200 valence electrons. The number of piperazine rings is 1. The average Bonchev–Trinajstić information content (AvgIpc) is 3.27. The van der Waals surface area contributed by atoms with Gasteiger partial charge in [-0.2, -0.15) is 4.98 Å². The number of hydrogen-bond acceptors (Lipinski definition) is 8. The van der Waals surface area contributed by atoms with E-state index in [9.17, 15) is 14.4 Å². The Hall–Kier alpha value is -3.03. The third-order valence-electron chi connectivity index (χ3n) is 7.44. The lowest BCUT2D eigenvalue weighted by Crippen LogP contribution is -2.56. The Morgan fingerprint density at radius 3 is 2.24 bits per heavy atom. The summed E-state index contributed by atoms with van der Waals surface area (Å²) in [5.74, 6) is 1.27. The fraction of sp³-hybridized carbons (Fsp3) is 0.500. The standard InChI is InChI=1S/C24H33N9O3.ClH/c25-11-19(26)22(34)31-7-9-32(10-8-31)23(35)28-20-5-6-33(24(36)29-20)16-3-1-15(2-4-16)12-30-13-17-18(14-30)21(17)27;/h1-6,17-19,21H,7-14,25-27H2,(H,28,29,35,36);1H/t17?,18?,19-,21?;/m0./s1. The number of piperidine rings is 1. The molecule has 3 heterocycles. The molecular formula is C24H34ClN9O3. The minimum atomic E-state index is -0.729. The monoisotopic (exact) mass is 531 g/mol. The van der Waals surface area contributed by atoms with Crippen LogP contribution in [0, 0.1) is 11.8 Å². The summed E-state index contributed by atoms with van der Waals surface area (Å²) in [5.41, 5.74) is 18.6. The van der Waals surface area contributed by atoms with E-state index in [1.807, 2.05) is 24.3 Å². The van der Waals surface area contributed by atoms with Gasteiger partial charge in [-0.3, -0.25) is 19.6 Å². The average molecular weight is 532 g/mol. The van der Waals surface area contributed by atoms with Crippen molar-refractivity contribution in [3.63, 3.8) is 0 Å². The molecule has 2 saturated heterocycles. The van der Waals surface area contributed by atoms with Gasteiger partial charge in [0.05, 0.1) is 11.7 Å². The van der Waals surface area contributed by atoms with Crippen molar-refractivity contribution in [2.45, 2.75) is 18.6 Å². The van der Waals surface area contributed by atoms with Gasteiger partial charge in [-0.05, 0) is 35.6 Å². The van der Waals surface area contributed by atoms with E-state index in [2.05, 4.69) is 15.2 Å². The first-order chi connectivity index (χ1) is 17.3. The third-order valence-corrected chi connectivity index (χ3v) is 7.44. The van der Waals surface area contributed by atoms with Crippen molar-refractivity contribution in [1.29, 1.82) is 0 Å². The second kappa shape index (κ2) is 11.2. The van der Waals surface area contributed by atoms with Crippen LogP contribution in [-0.2, 0) is 11.3 Å². The number of amides is 3. The number of carbonyl (C=O) groups is 2. The minimum Gasteiger partial charge on any atom is -0.338 e. The van der Waals surface area contributed by atoms with Crippen LogP contribution in [-0.4, -0.2) is 94.1 Å². The molecule has 3 amide bonds. The van der Waals surface area contributed by atoms with Crippen molar-refractivity contribution in [3.8, 4) is 5.69 Å². The summed E-state index contributed by atoms with van der Waals surface area (Å²) < 4.78 is 1.44. The Morgan fingerprint density at radius 2 is 1.65 bits per heavy atom. The number of anilines is 1. The molecule has 0 bridgehead atoms. The van der Waals surface area contributed by atoms with Gasteiger partial charge in [-0.1, -0.05) is 12.1 Å². The van der Waals surface area contributed by atoms with Crippen molar-refractivity contribution in [2.75, 3.05) is 51.1 Å². The molecule has 5 rings (SSSR count). The Bertz CT molecular complexity index is 1170. The molecule has 2 unspecified atom stereocenters. The summed E-state index contributed by atoms with van der Waals surface area (Å²) >= 11 is 0. The van der Waals surface area contributed by atoms with Crippen LogP contribution in [0.3, 0.4) is 0 Å². The van der Waals surface area contributed by atoms with Crippen LogP contribution in [0.25, 0.3) is 5.69 Å². The predicted octanol–water partition coefficient (Wildman–Crippen LogP) is -0.995. The van der Waals surface area contributed by atoms with Gasteiger partial charge in [0.2, 0.25) is 5.91 Å². The molecule has 37 heavy (non-hydrogen) atoms. The van der Waals surface area contributed by atoms with Gasteiger partial charge in [0.25, 0.3) is 0 Å². The summed E-state index contributed by atoms with van der Waals surface area (Å²) in [7, 11) is 0. The van der Waals surface area contributed by atoms with Crippen molar-refractivity contribution in [1.82, 2.24) is 24.3 Å². The van der Waals surface area contributed by atoms with Crippen molar-refractivity contribution < 1.29 is 9.59 Å². The second-order valence-corrected chi connectivity index (χ2v) is 9.82. The van der Waals surface area contributed by atoms with Gasteiger partial charge in [-0.15, -0.1) is 12.4 Å². The molecule has 0 spiro atoms. The molecule has 13 heteroatoms. The van der Waals surface area contributed by atoms with Crippen LogP contribution in [0.15, 0.2) is 41.3 Å². The highest BCUT2D eigenvalue weighted by Gasteiger charge is 2.53. The first-order valence-electron chi connectivity index (χ1n) is 12.3. The molecule has 3 atom stereocenters. The van der Waals surface area contributed by atoms with Crippen LogP contribution in [0.2, 0.25) is 0 Å². The Kier molecular flexibility index (Phi) is 8.14. The number of likely N-dealkylation sites (tertiary alicyclic amines) is 1. The number of fused-ring (bicyclic) bond motifs is 1. The SMILES string of the molecule is Cl.NC[C@H](N)C(=O)N1CCN(C(=O)Nc2ccn(-c3ccc(CN4CC5C(N)C5C4)cc3)c(=O)n2)CC1. The number of carbonyl (C=O) groups excluding carboxylic acids is 2. The fourth-order valence-corrected chi connectivity index (χ4v) is 5.13. The van der Waals surface area contributed by atoms with Crippen LogP contribution in [0.4, 0.5) is 10.6 Å². The Morgan fingerprint density at radius 1 is 1.03 bits per heavy atom. The number of halogens is 1. The molecule has 1 aliphatic carbocycles. The normalized spacial score (nSPS) is 23.7. The molecule has 1 aromatic carbocycles. The lowest BCUT2D eigenvalue weighted by molar-refractivity contribution is -0.133. The number of urea groups is 1. The van der Waals surface area contributed by atoms with Crippen LogP contribution >= 0.6 is 12.4 Å². The summed E-state index contributed by atoms with van der Waals surface area (Å²) in [6.45, 7) is 4.51. The number of hydrogen-bond donors (Lipinski definition) is 4. The van der Waals surface area contributed by atoms with Gasteiger partial charge in [-0.25, -0.2) is 9.59 Å². The lowest BCUT2D eigenvalue weighted by atomic mass is 10.2. The molecule has 2 aromatic rings. The lowest BCUT2D eigenvalue weighted by Gasteiger charge is -2.35. The van der Waals surface area contributed by atoms with E-state index in [0.29, 0.717) is 49.7 Å². The summed E-state index contributed by atoms with van der Waals surface area (Å²) in [6, 6.07) is 8.71. The predicted molar refractivity (Wildman–Crippen MR) is 142 cm³/mol.